The van der Waals surface area contributed by atoms with Crippen LogP contribution in [0.4, 0.5) is 18.0 Å². The Bertz CT molecular complexity index is 925. The smallest absolute Gasteiger partial charge is 0.409 e. The number of benzene rings is 1. The number of halogens is 4. The lowest BCUT2D eigenvalue weighted by Crippen LogP contribution is -2.54. The number of ether oxygens (including phenoxy) is 1. The van der Waals surface area contributed by atoms with E-state index in [1.54, 1.807) is 0 Å². The van der Waals surface area contributed by atoms with E-state index in [2.05, 4.69) is 0 Å². The highest BCUT2D eigenvalue weighted by Gasteiger charge is 2.45. The van der Waals surface area contributed by atoms with Crippen molar-refractivity contribution in [2.45, 2.75) is 48.8 Å². The molecule has 13 heteroatoms. The summed E-state index contributed by atoms with van der Waals surface area (Å²) in [6.45, 7) is 2.07. The van der Waals surface area contributed by atoms with E-state index in [9.17, 15) is 26.4 Å². The van der Waals surface area contributed by atoms with Crippen LogP contribution in [-0.2, 0) is 14.8 Å². The molecule has 192 valence electrons. The number of rotatable bonds is 7. The zero-order valence-electron chi connectivity index (χ0n) is 18.6. The van der Waals surface area contributed by atoms with Gasteiger partial charge in [0, 0.05) is 43.8 Å². The van der Waals surface area contributed by atoms with Gasteiger partial charge in [0.1, 0.15) is 6.61 Å². The summed E-state index contributed by atoms with van der Waals surface area (Å²) in [5.41, 5.74) is 0. The van der Waals surface area contributed by atoms with Crippen molar-refractivity contribution in [2.24, 2.45) is 0 Å². The van der Waals surface area contributed by atoms with Crippen LogP contribution < -0.4 is 0 Å². The molecular formula is C21H29ClF3N3O5S. The molecule has 2 aliphatic rings. The van der Waals surface area contributed by atoms with Crippen LogP contribution in [0.1, 0.15) is 25.7 Å². The van der Waals surface area contributed by atoms with E-state index in [4.69, 9.17) is 21.4 Å². The minimum Gasteiger partial charge on any atom is -0.448 e. The third-order valence-electron chi connectivity index (χ3n) is 6.10. The number of aliphatic hydroxyl groups is 1. The second kappa shape index (κ2) is 11.4. The molecule has 0 aromatic heterocycles. The molecule has 0 spiro atoms. The molecular weight excluding hydrogens is 499 g/mol. The molecule has 2 heterocycles. The number of amides is 1. The van der Waals surface area contributed by atoms with Gasteiger partial charge in [0.15, 0.2) is 0 Å². The second-order valence-electron chi connectivity index (χ2n) is 8.48. The summed E-state index contributed by atoms with van der Waals surface area (Å²) in [5, 5.41) is 9.32. The fourth-order valence-corrected chi connectivity index (χ4v) is 6.41. The SMILES string of the molecule is O=C(OC[C@H]1CCC[C@@H](CC(F)(F)F)N1S(=O)(=O)c1ccc(Cl)cc1)N1CCN(CCO)CC1. The number of aliphatic hydroxyl groups excluding tert-OH is 1. The maximum Gasteiger partial charge on any atom is 0.409 e. The molecule has 2 fully saturated rings. The summed E-state index contributed by atoms with van der Waals surface area (Å²) < 4.78 is 72.9. The molecule has 0 bridgehead atoms. The van der Waals surface area contributed by atoms with Crippen molar-refractivity contribution in [1.29, 1.82) is 0 Å². The molecule has 1 amide bonds. The maximum atomic E-state index is 13.4. The molecule has 0 aliphatic carbocycles. The monoisotopic (exact) mass is 527 g/mol. The van der Waals surface area contributed by atoms with Crippen LogP contribution in [-0.4, -0.2) is 97.9 Å². The number of carbonyl (C=O) groups is 1. The molecule has 0 radical (unpaired) electrons. The summed E-state index contributed by atoms with van der Waals surface area (Å²) in [6.07, 6.45) is -5.74. The summed E-state index contributed by atoms with van der Waals surface area (Å²) in [7, 11) is -4.30. The van der Waals surface area contributed by atoms with E-state index in [-0.39, 0.29) is 31.0 Å². The van der Waals surface area contributed by atoms with Crippen LogP contribution >= 0.6 is 11.6 Å². The van der Waals surface area contributed by atoms with Gasteiger partial charge in [-0.05, 0) is 37.1 Å². The summed E-state index contributed by atoms with van der Waals surface area (Å²) in [6, 6.07) is 3.03. The molecule has 0 unspecified atom stereocenters. The Morgan fingerprint density at radius 1 is 1.09 bits per heavy atom. The van der Waals surface area contributed by atoms with Gasteiger partial charge in [-0.2, -0.15) is 17.5 Å². The number of sulfonamides is 1. The lowest BCUT2D eigenvalue weighted by molar-refractivity contribution is -0.147. The number of β-amino-alcohol motifs (C(OH)–C–C–N with tert-alkyl or cyclic N) is 1. The van der Waals surface area contributed by atoms with Gasteiger partial charge in [-0.15, -0.1) is 0 Å². The van der Waals surface area contributed by atoms with Crippen LogP contribution in [0.25, 0.3) is 0 Å². The van der Waals surface area contributed by atoms with Crippen molar-refractivity contribution in [3.05, 3.63) is 29.3 Å². The molecule has 2 atom stereocenters. The van der Waals surface area contributed by atoms with E-state index in [0.29, 0.717) is 44.2 Å². The Morgan fingerprint density at radius 2 is 1.71 bits per heavy atom. The standard InChI is InChI=1S/C21H29ClF3N3O5S/c22-16-4-6-19(7-5-16)34(31,32)28-17(14-21(23,24)25)2-1-3-18(28)15-33-20(30)27-10-8-26(9-11-27)12-13-29/h4-7,17-18,29H,1-3,8-15H2/t17-,18+/m0/s1. The van der Waals surface area contributed by atoms with Crippen LogP contribution in [0.15, 0.2) is 29.2 Å². The number of piperidine rings is 1. The molecule has 8 nitrogen and oxygen atoms in total. The van der Waals surface area contributed by atoms with Crippen molar-refractivity contribution in [3.63, 3.8) is 0 Å². The van der Waals surface area contributed by atoms with Crippen molar-refractivity contribution in [3.8, 4) is 0 Å². The van der Waals surface area contributed by atoms with Gasteiger partial charge in [0.25, 0.3) is 0 Å². The molecule has 1 N–H and O–H groups in total. The fraction of sp³-hybridized carbons (Fsp3) is 0.667. The summed E-state index contributed by atoms with van der Waals surface area (Å²) >= 11 is 5.84. The third-order valence-corrected chi connectivity index (χ3v) is 8.37. The Hall–Kier alpha value is -1.60. The van der Waals surface area contributed by atoms with Crippen molar-refractivity contribution >= 4 is 27.7 Å². The van der Waals surface area contributed by atoms with Crippen molar-refractivity contribution < 1.29 is 36.2 Å². The largest absolute Gasteiger partial charge is 0.448 e. The minimum atomic E-state index is -4.55. The fourth-order valence-electron chi connectivity index (χ4n) is 4.43. The first-order valence-corrected chi connectivity index (χ1v) is 12.9. The van der Waals surface area contributed by atoms with E-state index < -0.39 is 40.8 Å². The molecule has 2 aliphatic heterocycles. The Kier molecular flexibility index (Phi) is 9.07. The van der Waals surface area contributed by atoms with Crippen LogP contribution in [0.2, 0.25) is 5.02 Å². The van der Waals surface area contributed by atoms with E-state index in [0.717, 1.165) is 4.31 Å². The number of hydrogen-bond donors (Lipinski definition) is 1. The van der Waals surface area contributed by atoms with E-state index in [1.165, 1.54) is 29.2 Å². The molecule has 1 aromatic carbocycles. The molecule has 1 aromatic rings. The predicted molar refractivity (Wildman–Crippen MR) is 119 cm³/mol. The van der Waals surface area contributed by atoms with Gasteiger partial charge in [0.05, 0.1) is 24.0 Å². The zero-order valence-corrected chi connectivity index (χ0v) is 20.2. The molecule has 2 saturated heterocycles. The minimum absolute atomic E-state index is 0.0170. The predicted octanol–water partition coefficient (Wildman–Crippen LogP) is 2.95. The first kappa shape index (κ1) is 27.0. The lowest BCUT2D eigenvalue weighted by atomic mass is 9.96. The Balaban J connectivity index is 1.74. The molecule has 3 rings (SSSR count). The lowest BCUT2D eigenvalue weighted by Gasteiger charge is -2.41. The van der Waals surface area contributed by atoms with Crippen molar-refractivity contribution in [1.82, 2.24) is 14.1 Å². The van der Waals surface area contributed by atoms with Gasteiger partial charge in [0.2, 0.25) is 10.0 Å². The average Bonchev–Trinajstić information content (AvgIpc) is 2.77. The quantitative estimate of drug-likeness (QED) is 0.586. The van der Waals surface area contributed by atoms with E-state index in [1.807, 2.05) is 4.90 Å². The first-order chi connectivity index (χ1) is 16.0. The number of hydrogen-bond acceptors (Lipinski definition) is 6. The highest BCUT2D eigenvalue weighted by atomic mass is 35.5. The van der Waals surface area contributed by atoms with Crippen molar-refractivity contribution in [2.75, 3.05) is 45.9 Å². The average molecular weight is 528 g/mol. The Morgan fingerprint density at radius 3 is 2.29 bits per heavy atom. The number of carbonyl (C=O) groups excluding carboxylic acids is 1. The topological polar surface area (TPSA) is 90.4 Å². The highest BCUT2D eigenvalue weighted by Crippen LogP contribution is 2.36. The number of alkyl halides is 3. The third kappa shape index (κ3) is 6.97. The highest BCUT2D eigenvalue weighted by molar-refractivity contribution is 7.89. The number of nitrogens with zero attached hydrogens (tertiary/aromatic N) is 3. The van der Waals surface area contributed by atoms with Gasteiger partial charge >= 0.3 is 12.3 Å². The van der Waals surface area contributed by atoms with Crippen LogP contribution in [0.3, 0.4) is 0 Å². The summed E-state index contributed by atoms with van der Waals surface area (Å²) in [4.78, 5) is 15.9. The Labute approximate surface area is 202 Å². The zero-order chi connectivity index (χ0) is 24.9. The second-order valence-corrected chi connectivity index (χ2v) is 10.8. The van der Waals surface area contributed by atoms with Crippen LogP contribution in [0.5, 0.6) is 0 Å². The maximum absolute atomic E-state index is 13.4. The molecule has 0 saturated carbocycles. The molecule has 34 heavy (non-hydrogen) atoms. The van der Waals surface area contributed by atoms with E-state index >= 15 is 0 Å². The van der Waals surface area contributed by atoms with Gasteiger partial charge in [-0.3, -0.25) is 4.90 Å². The van der Waals surface area contributed by atoms with Crippen LogP contribution in [0, 0.1) is 0 Å². The number of piperazine rings is 1. The van der Waals surface area contributed by atoms with Gasteiger partial charge < -0.3 is 14.7 Å². The first-order valence-electron chi connectivity index (χ1n) is 11.1. The summed E-state index contributed by atoms with van der Waals surface area (Å²) in [5.74, 6) is 0. The van der Waals surface area contributed by atoms with Gasteiger partial charge in [-0.25, -0.2) is 13.2 Å². The normalized spacial score (nSPS) is 23.1. The van der Waals surface area contributed by atoms with Gasteiger partial charge in [-0.1, -0.05) is 18.0 Å².